The van der Waals surface area contributed by atoms with Gasteiger partial charge < -0.3 is 0 Å². The lowest BCUT2D eigenvalue weighted by atomic mass is 10.1. The van der Waals surface area contributed by atoms with Crippen molar-refractivity contribution in [2.45, 2.75) is 38.4 Å². The molecule has 1 aromatic rings. The van der Waals surface area contributed by atoms with Crippen molar-refractivity contribution in [2.24, 2.45) is 4.40 Å². The zero-order valence-electron chi connectivity index (χ0n) is 10.9. The van der Waals surface area contributed by atoms with Crippen LogP contribution in [-0.2, 0) is 17.4 Å². The summed E-state index contributed by atoms with van der Waals surface area (Å²) in [4.78, 5) is 3.42. The highest BCUT2D eigenvalue weighted by Gasteiger charge is 2.23. The third-order valence-electron chi connectivity index (χ3n) is 2.88. The summed E-state index contributed by atoms with van der Waals surface area (Å²) < 4.78 is 16.1. The molecule has 0 aliphatic heterocycles. The Hall–Kier alpha value is -1.47. The van der Waals surface area contributed by atoms with E-state index in [1.165, 1.54) is 0 Å². The zero-order chi connectivity index (χ0) is 13.3. The third kappa shape index (κ3) is 2.51. The Kier molecular flexibility index (Phi) is 3.36. The first-order valence-electron chi connectivity index (χ1n) is 5.92. The summed E-state index contributed by atoms with van der Waals surface area (Å²) in [5.74, 6) is 0. The smallest absolute Gasteiger partial charge is 0.187 e. The summed E-state index contributed by atoms with van der Waals surface area (Å²) in [5, 5.41) is 0. The van der Waals surface area contributed by atoms with E-state index in [4.69, 9.17) is 6.57 Å². The molecule has 0 heterocycles. The van der Waals surface area contributed by atoms with E-state index in [0.717, 1.165) is 29.7 Å². The first-order chi connectivity index (χ1) is 8.41. The maximum Gasteiger partial charge on any atom is 0.187 e. The van der Waals surface area contributed by atoms with Gasteiger partial charge >= 0.3 is 0 Å². The van der Waals surface area contributed by atoms with Gasteiger partial charge in [-0.25, -0.2) is 9.05 Å². The Labute approximate surface area is 110 Å². The van der Waals surface area contributed by atoms with Crippen LogP contribution in [-0.4, -0.2) is 14.7 Å². The number of aryl methyl sites for hydroxylation is 1. The minimum Gasteiger partial charge on any atom is -0.238 e. The molecule has 0 bridgehead atoms. The molecule has 2 rings (SSSR count). The van der Waals surface area contributed by atoms with Gasteiger partial charge in [0.05, 0.1) is 17.0 Å². The second-order valence-electron chi connectivity index (χ2n) is 5.35. The molecule has 0 spiro atoms. The molecule has 0 fully saturated rings. The van der Waals surface area contributed by atoms with Gasteiger partial charge in [0, 0.05) is 0 Å². The van der Waals surface area contributed by atoms with E-state index >= 15 is 0 Å². The number of benzene rings is 1. The largest absolute Gasteiger partial charge is 0.238 e. The highest BCUT2D eigenvalue weighted by atomic mass is 32.2. The van der Waals surface area contributed by atoms with Gasteiger partial charge in [0.15, 0.2) is 5.69 Å². The van der Waals surface area contributed by atoms with Gasteiger partial charge in [-0.15, -0.1) is 0 Å². The van der Waals surface area contributed by atoms with Crippen LogP contribution in [0.2, 0.25) is 0 Å². The average Bonchev–Trinajstić information content (AvgIpc) is 2.70. The predicted octanol–water partition coefficient (Wildman–Crippen LogP) is 3.43. The van der Waals surface area contributed by atoms with E-state index in [1.54, 1.807) is 6.07 Å². The fourth-order valence-corrected chi connectivity index (χ4v) is 2.52. The van der Waals surface area contributed by atoms with E-state index < -0.39 is 11.0 Å². The molecule has 1 aromatic carbocycles. The maximum atomic E-state index is 12.0. The molecule has 0 amide bonds. The Bertz CT molecular complexity index is 576. The molecule has 94 valence electrons. The number of hydrogen-bond acceptors (Lipinski definition) is 1. The predicted molar refractivity (Wildman–Crippen MR) is 75.5 cm³/mol. The molecule has 0 aromatic heterocycles. The second-order valence-corrected chi connectivity index (χ2v) is 7.26. The molecular formula is C14H16N2OS. The van der Waals surface area contributed by atoms with Crippen molar-refractivity contribution in [1.29, 1.82) is 0 Å². The average molecular weight is 260 g/mol. The van der Waals surface area contributed by atoms with Crippen molar-refractivity contribution in [3.05, 3.63) is 40.7 Å². The summed E-state index contributed by atoms with van der Waals surface area (Å²) in [6.45, 7) is 12.8. The van der Waals surface area contributed by atoms with Crippen LogP contribution < -0.4 is 0 Å². The lowest BCUT2D eigenvalue weighted by Crippen LogP contribution is -2.20. The highest BCUT2D eigenvalue weighted by molar-refractivity contribution is 7.85. The molecule has 0 unspecified atom stereocenters. The normalized spacial score (nSPS) is 18.4. The SMILES string of the molecule is [C-]#[N+]c1ccc2c(c1)CC/C2=N\[S@](=O)C(C)(C)C. The Morgan fingerprint density at radius 3 is 2.67 bits per heavy atom. The fourth-order valence-electron chi connectivity index (χ4n) is 1.86. The van der Waals surface area contributed by atoms with Gasteiger partial charge in [0.2, 0.25) is 0 Å². The third-order valence-corrected chi connectivity index (χ3v) is 4.31. The lowest BCUT2D eigenvalue weighted by Gasteiger charge is -2.14. The van der Waals surface area contributed by atoms with Crippen molar-refractivity contribution in [3.8, 4) is 0 Å². The van der Waals surface area contributed by atoms with Crippen LogP contribution in [0.4, 0.5) is 5.69 Å². The first kappa shape index (κ1) is 13.0. The number of nitrogens with zero attached hydrogens (tertiary/aromatic N) is 2. The number of fused-ring (bicyclic) bond motifs is 1. The molecule has 1 aliphatic rings. The molecule has 0 saturated carbocycles. The summed E-state index contributed by atoms with van der Waals surface area (Å²) in [7, 11) is -1.21. The van der Waals surface area contributed by atoms with Crippen molar-refractivity contribution < 1.29 is 4.21 Å². The molecule has 18 heavy (non-hydrogen) atoms. The van der Waals surface area contributed by atoms with Crippen molar-refractivity contribution >= 4 is 22.4 Å². The Balaban J connectivity index is 2.36. The molecule has 0 radical (unpaired) electrons. The maximum absolute atomic E-state index is 12.0. The van der Waals surface area contributed by atoms with Crippen LogP contribution in [0.15, 0.2) is 22.6 Å². The molecular weight excluding hydrogens is 244 g/mol. The zero-order valence-corrected chi connectivity index (χ0v) is 11.7. The fraction of sp³-hybridized carbons (Fsp3) is 0.429. The van der Waals surface area contributed by atoms with E-state index in [0.29, 0.717) is 5.69 Å². The monoisotopic (exact) mass is 260 g/mol. The van der Waals surface area contributed by atoms with Crippen LogP contribution >= 0.6 is 0 Å². The minimum atomic E-state index is -1.21. The highest BCUT2D eigenvalue weighted by Crippen LogP contribution is 2.28. The molecule has 1 aliphatic carbocycles. The van der Waals surface area contributed by atoms with E-state index in [2.05, 4.69) is 9.24 Å². The van der Waals surface area contributed by atoms with Crippen LogP contribution in [0, 0.1) is 6.57 Å². The van der Waals surface area contributed by atoms with Crippen molar-refractivity contribution in [3.63, 3.8) is 0 Å². The minimum absolute atomic E-state index is 0.327. The van der Waals surface area contributed by atoms with E-state index in [1.807, 2.05) is 32.9 Å². The molecule has 1 atom stereocenters. The van der Waals surface area contributed by atoms with Gasteiger partial charge in [-0.3, -0.25) is 0 Å². The van der Waals surface area contributed by atoms with Crippen molar-refractivity contribution in [2.75, 3.05) is 0 Å². The van der Waals surface area contributed by atoms with Crippen LogP contribution in [0.5, 0.6) is 0 Å². The topological polar surface area (TPSA) is 33.8 Å². The molecule has 4 heteroatoms. The second kappa shape index (κ2) is 4.66. The van der Waals surface area contributed by atoms with Gasteiger partial charge in [-0.05, 0) is 44.7 Å². The Morgan fingerprint density at radius 2 is 2.06 bits per heavy atom. The van der Waals surface area contributed by atoms with Gasteiger partial charge in [-0.2, -0.15) is 4.40 Å². The summed E-state index contributed by atoms with van der Waals surface area (Å²) in [6.07, 6.45) is 1.71. The van der Waals surface area contributed by atoms with Crippen LogP contribution in [0.25, 0.3) is 4.85 Å². The molecule has 0 saturated heterocycles. The number of hydrogen-bond donors (Lipinski definition) is 0. The van der Waals surface area contributed by atoms with Gasteiger partial charge in [0.25, 0.3) is 0 Å². The quantitative estimate of drug-likeness (QED) is 0.712. The Morgan fingerprint density at radius 1 is 1.33 bits per heavy atom. The lowest BCUT2D eigenvalue weighted by molar-refractivity contribution is 0.650. The standard InChI is InChI=1S/C14H16N2OS/c1-14(2,3)18(17)16-13-8-5-10-9-11(15-4)6-7-12(10)13/h6-7,9H,5,8H2,1-3H3/b16-13+/t18-/m1/s1. The van der Waals surface area contributed by atoms with Gasteiger partial charge in [0.1, 0.15) is 11.0 Å². The molecule has 0 N–H and O–H groups in total. The molecule has 3 nitrogen and oxygen atoms in total. The van der Waals surface area contributed by atoms with Crippen LogP contribution in [0.1, 0.15) is 38.3 Å². The van der Waals surface area contributed by atoms with Crippen molar-refractivity contribution in [1.82, 2.24) is 0 Å². The number of rotatable bonds is 1. The summed E-state index contributed by atoms with van der Waals surface area (Å²) in [6, 6.07) is 5.63. The van der Waals surface area contributed by atoms with Crippen LogP contribution in [0.3, 0.4) is 0 Å². The van der Waals surface area contributed by atoms with E-state index in [-0.39, 0.29) is 4.75 Å². The summed E-state index contributed by atoms with van der Waals surface area (Å²) in [5.41, 5.74) is 3.77. The first-order valence-corrected chi connectivity index (χ1v) is 7.03. The van der Waals surface area contributed by atoms with Gasteiger partial charge in [-0.1, -0.05) is 18.2 Å². The summed E-state index contributed by atoms with van der Waals surface area (Å²) >= 11 is 0. The van der Waals surface area contributed by atoms with E-state index in [9.17, 15) is 4.21 Å².